The number of nitrogens with zero attached hydrogens (tertiary/aromatic N) is 3. The molecule has 2 bridgehead atoms. The first-order valence-corrected chi connectivity index (χ1v) is 18.4. The van der Waals surface area contributed by atoms with Crippen molar-refractivity contribution < 1.29 is 22.7 Å². The lowest BCUT2D eigenvalue weighted by Gasteiger charge is -2.36. The molecule has 10 heteroatoms. The van der Waals surface area contributed by atoms with E-state index in [-0.39, 0.29) is 17.9 Å². The van der Waals surface area contributed by atoms with Gasteiger partial charge in [-0.2, -0.15) is 0 Å². The van der Waals surface area contributed by atoms with Crippen LogP contribution in [0.4, 0.5) is 0 Å². The van der Waals surface area contributed by atoms with Crippen molar-refractivity contribution in [1.29, 1.82) is 0 Å². The maximum Gasteiger partial charge on any atom is 0.264 e. The third kappa shape index (κ3) is 4.53. The van der Waals surface area contributed by atoms with Crippen LogP contribution in [0, 0.1) is 5.41 Å². The first-order chi connectivity index (χ1) is 21.6. The monoisotopic (exact) mass is 630 g/mol. The number of hydrogen-bond acceptors (Lipinski definition) is 6. The summed E-state index contributed by atoms with van der Waals surface area (Å²) < 4.78 is 34.1. The van der Waals surface area contributed by atoms with Crippen molar-refractivity contribution in [3.63, 3.8) is 0 Å². The highest BCUT2D eigenvalue weighted by atomic mass is 32.2. The molecule has 238 valence electrons. The number of piperazine rings is 1. The summed E-state index contributed by atoms with van der Waals surface area (Å²) in [5.41, 5.74) is 5.39. The molecule has 1 N–H and O–H groups in total. The van der Waals surface area contributed by atoms with Crippen molar-refractivity contribution in [1.82, 2.24) is 19.1 Å². The Bertz CT molecular complexity index is 1840. The van der Waals surface area contributed by atoms with Crippen molar-refractivity contribution in [2.75, 3.05) is 33.0 Å². The first kappa shape index (κ1) is 29.1. The van der Waals surface area contributed by atoms with Crippen LogP contribution in [0.1, 0.15) is 85.2 Å². The fourth-order valence-electron chi connectivity index (χ4n) is 9.32. The van der Waals surface area contributed by atoms with E-state index in [9.17, 15) is 18.0 Å². The van der Waals surface area contributed by atoms with Crippen LogP contribution in [0.3, 0.4) is 0 Å². The average Bonchev–Trinajstić information content (AvgIpc) is 3.27. The molecule has 2 saturated carbocycles. The second-order valence-electron chi connectivity index (χ2n) is 14.1. The Kier molecular flexibility index (Phi) is 6.66. The number of amides is 2. The standard InChI is InChI=1S/C35H42N4O5S/c1-4-37-18-24-15-23(37)19-38(24)34(41)35-17-29(35)28-16-25(44-2)11-13-26(28)32-31(21-8-6-5-7-9-21)27-12-10-22(14-30(27)39(32)20-35)33(40)36-45(3,42)43/h10-14,16,21,23-24,29H,4-9,15,17-20H2,1-3H3,(H,36,40). The molecule has 4 atom stereocenters. The van der Waals surface area contributed by atoms with Gasteiger partial charge in [-0.05, 0) is 79.6 Å². The van der Waals surface area contributed by atoms with Crippen LogP contribution < -0.4 is 9.46 Å². The molecule has 0 radical (unpaired) electrons. The average molecular weight is 631 g/mol. The summed E-state index contributed by atoms with van der Waals surface area (Å²) >= 11 is 0. The third-order valence-electron chi connectivity index (χ3n) is 11.5. The van der Waals surface area contributed by atoms with Gasteiger partial charge in [-0.15, -0.1) is 0 Å². The van der Waals surface area contributed by atoms with Gasteiger partial charge >= 0.3 is 0 Å². The van der Waals surface area contributed by atoms with Crippen LogP contribution in [-0.4, -0.2) is 79.7 Å². The van der Waals surface area contributed by atoms with Gasteiger partial charge in [-0.3, -0.25) is 14.5 Å². The highest BCUT2D eigenvalue weighted by Gasteiger charge is 2.65. The molecule has 3 aliphatic heterocycles. The third-order valence-corrected chi connectivity index (χ3v) is 12.1. The number of ether oxygens (including phenoxy) is 1. The number of hydrogen-bond donors (Lipinski definition) is 1. The van der Waals surface area contributed by atoms with Gasteiger partial charge in [-0.25, -0.2) is 13.1 Å². The summed E-state index contributed by atoms with van der Waals surface area (Å²) in [5, 5.41) is 1.09. The van der Waals surface area contributed by atoms with E-state index in [1.807, 2.05) is 18.2 Å². The number of carbonyl (C=O) groups is 2. The summed E-state index contributed by atoms with van der Waals surface area (Å²) in [6, 6.07) is 12.6. The Morgan fingerprint density at radius 3 is 2.53 bits per heavy atom. The van der Waals surface area contributed by atoms with Gasteiger partial charge in [-0.1, -0.05) is 32.3 Å². The molecule has 4 fully saturated rings. The molecule has 4 unspecified atom stereocenters. The number of likely N-dealkylation sites (N-methyl/N-ethyl adjacent to an activating group) is 1. The van der Waals surface area contributed by atoms with E-state index in [4.69, 9.17) is 4.74 Å². The van der Waals surface area contributed by atoms with Crippen LogP contribution in [0.5, 0.6) is 5.75 Å². The maximum atomic E-state index is 14.8. The van der Waals surface area contributed by atoms with Gasteiger partial charge in [0, 0.05) is 59.7 Å². The number of methoxy groups -OCH3 is 1. The fourth-order valence-corrected chi connectivity index (χ4v) is 9.78. The highest BCUT2D eigenvalue weighted by Crippen LogP contribution is 2.66. The second kappa shape index (κ2) is 10.3. The van der Waals surface area contributed by atoms with Crippen molar-refractivity contribution in [2.45, 2.75) is 82.3 Å². The lowest BCUT2D eigenvalue weighted by atomic mass is 9.81. The summed E-state index contributed by atoms with van der Waals surface area (Å²) in [7, 11) is -2.03. The Morgan fingerprint density at radius 2 is 1.84 bits per heavy atom. The number of nitrogens with one attached hydrogen (secondary N) is 1. The maximum absolute atomic E-state index is 14.8. The molecule has 0 spiro atoms. The minimum absolute atomic E-state index is 0.0855. The van der Waals surface area contributed by atoms with Gasteiger partial charge in [0.1, 0.15) is 5.75 Å². The van der Waals surface area contributed by atoms with Crippen molar-refractivity contribution in [2.24, 2.45) is 5.41 Å². The van der Waals surface area contributed by atoms with E-state index in [1.54, 1.807) is 13.2 Å². The Labute approximate surface area is 264 Å². The van der Waals surface area contributed by atoms with E-state index in [2.05, 4.69) is 38.1 Å². The zero-order chi connectivity index (χ0) is 31.2. The van der Waals surface area contributed by atoms with Gasteiger partial charge in [0.15, 0.2) is 0 Å². The zero-order valence-corrected chi connectivity index (χ0v) is 27.2. The molecule has 9 nitrogen and oxygen atoms in total. The van der Waals surface area contributed by atoms with E-state index in [0.29, 0.717) is 24.1 Å². The fraction of sp³-hybridized carbons (Fsp3) is 0.543. The number of fused-ring (bicyclic) bond motifs is 9. The van der Waals surface area contributed by atoms with Crippen LogP contribution >= 0.6 is 0 Å². The van der Waals surface area contributed by atoms with Crippen LogP contribution in [0.25, 0.3) is 22.2 Å². The normalized spacial score (nSPS) is 27.5. The largest absolute Gasteiger partial charge is 0.497 e. The SMILES string of the molecule is CCN1CC2CC1CN2C(=O)C12CC1c1cc(OC)ccc1-c1c(C3CCCCC3)c3ccc(C(=O)NS(C)(=O)=O)cc3n1C2. The predicted molar refractivity (Wildman–Crippen MR) is 173 cm³/mol. The molecule has 2 amide bonds. The first-order valence-electron chi connectivity index (χ1n) is 16.5. The number of aromatic nitrogens is 1. The molecule has 3 aromatic rings. The number of likely N-dealkylation sites (tertiary alicyclic amines) is 2. The second-order valence-corrected chi connectivity index (χ2v) is 15.8. The van der Waals surface area contributed by atoms with E-state index in [1.165, 1.54) is 30.4 Å². The molecule has 4 heterocycles. The van der Waals surface area contributed by atoms with Crippen molar-refractivity contribution in [3.05, 3.63) is 53.1 Å². The van der Waals surface area contributed by atoms with E-state index in [0.717, 1.165) is 79.5 Å². The van der Waals surface area contributed by atoms with Crippen molar-refractivity contribution in [3.8, 4) is 17.0 Å². The summed E-state index contributed by atoms with van der Waals surface area (Å²) in [5.74, 6) is 0.867. The molecule has 1 aromatic heterocycles. The molecular formula is C35H42N4O5S. The quantitative estimate of drug-likeness (QED) is 0.418. The highest BCUT2D eigenvalue weighted by molar-refractivity contribution is 7.89. The van der Waals surface area contributed by atoms with Crippen LogP contribution in [0.15, 0.2) is 36.4 Å². The van der Waals surface area contributed by atoms with E-state index < -0.39 is 21.3 Å². The molecule has 2 aromatic carbocycles. The minimum Gasteiger partial charge on any atom is -0.497 e. The Balaban J connectivity index is 1.32. The molecular weight excluding hydrogens is 588 g/mol. The molecule has 5 aliphatic rings. The number of benzene rings is 2. The van der Waals surface area contributed by atoms with Gasteiger partial charge in [0.25, 0.3) is 5.91 Å². The lowest BCUT2D eigenvalue weighted by Crippen LogP contribution is -2.51. The molecule has 2 saturated heterocycles. The Morgan fingerprint density at radius 1 is 1.04 bits per heavy atom. The van der Waals surface area contributed by atoms with Crippen LogP contribution in [-0.2, 0) is 21.4 Å². The van der Waals surface area contributed by atoms with Gasteiger partial charge < -0.3 is 14.2 Å². The number of rotatable bonds is 6. The smallest absolute Gasteiger partial charge is 0.264 e. The molecule has 8 rings (SSSR count). The summed E-state index contributed by atoms with van der Waals surface area (Å²) in [6.45, 7) is 5.49. The van der Waals surface area contributed by atoms with E-state index >= 15 is 0 Å². The molecule has 45 heavy (non-hydrogen) atoms. The summed E-state index contributed by atoms with van der Waals surface area (Å²) in [6.07, 6.45) is 8.62. The van der Waals surface area contributed by atoms with Crippen LogP contribution in [0.2, 0.25) is 0 Å². The lowest BCUT2D eigenvalue weighted by molar-refractivity contribution is -0.140. The zero-order valence-electron chi connectivity index (χ0n) is 26.3. The number of carbonyl (C=O) groups excluding carboxylic acids is 2. The van der Waals surface area contributed by atoms with Gasteiger partial charge in [0.2, 0.25) is 15.9 Å². The predicted octanol–water partition coefficient (Wildman–Crippen LogP) is 4.85. The molecule has 2 aliphatic carbocycles. The summed E-state index contributed by atoms with van der Waals surface area (Å²) in [4.78, 5) is 32.5. The minimum atomic E-state index is -3.72. The van der Waals surface area contributed by atoms with Crippen molar-refractivity contribution >= 4 is 32.7 Å². The van der Waals surface area contributed by atoms with Gasteiger partial charge in [0.05, 0.1) is 24.5 Å². The Hall–Kier alpha value is -3.37. The topological polar surface area (TPSA) is 101 Å². The number of sulfonamides is 1.